The molecule has 0 saturated carbocycles. The highest BCUT2D eigenvalue weighted by molar-refractivity contribution is 7.93. The quantitative estimate of drug-likeness (QED) is 0.317. The smallest absolute Gasteiger partial charge is 0.261 e. The van der Waals surface area contributed by atoms with Crippen LogP contribution in [0.5, 0.6) is 0 Å². The van der Waals surface area contributed by atoms with Gasteiger partial charge in [0.25, 0.3) is 26.0 Å². The van der Waals surface area contributed by atoms with Gasteiger partial charge in [-0.15, -0.1) is 0 Å². The molecular weight excluding hydrogens is 500 g/mol. The summed E-state index contributed by atoms with van der Waals surface area (Å²) in [4.78, 5) is 16.8. The van der Waals surface area contributed by atoms with Gasteiger partial charge in [-0.3, -0.25) is 19.2 Å². The molecule has 0 atom stereocenters. The van der Waals surface area contributed by atoms with Gasteiger partial charge >= 0.3 is 0 Å². The summed E-state index contributed by atoms with van der Waals surface area (Å²) in [5, 5.41) is 2.69. The molecule has 4 aromatic rings. The Morgan fingerprint density at radius 2 is 1.39 bits per heavy atom. The molecule has 0 radical (unpaired) electrons. The molecule has 1 aromatic heterocycles. The zero-order chi connectivity index (χ0) is 25.8. The van der Waals surface area contributed by atoms with Crippen molar-refractivity contribution in [1.29, 1.82) is 0 Å². The first-order valence-corrected chi connectivity index (χ1v) is 13.6. The largest absolute Gasteiger partial charge is 0.322 e. The van der Waals surface area contributed by atoms with Gasteiger partial charge in [-0.1, -0.05) is 24.3 Å². The number of aromatic nitrogens is 1. The molecule has 0 fully saturated rings. The van der Waals surface area contributed by atoms with E-state index in [1.54, 1.807) is 49.4 Å². The second kappa shape index (κ2) is 10.2. The fraction of sp³-hybridized carbons (Fsp3) is 0.0400. The number of rotatable bonds is 8. The van der Waals surface area contributed by atoms with Crippen LogP contribution in [-0.2, 0) is 20.0 Å². The number of benzene rings is 3. The summed E-state index contributed by atoms with van der Waals surface area (Å²) >= 11 is 0. The molecule has 36 heavy (non-hydrogen) atoms. The molecule has 11 heteroatoms. The molecule has 0 aliphatic rings. The highest BCUT2D eigenvalue weighted by Crippen LogP contribution is 2.23. The summed E-state index contributed by atoms with van der Waals surface area (Å²) in [7, 11) is -7.66. The maximum Gasteiger partial charge on any atom is 0.261 e. The molecular formula is C25H22N4O5S2. The molecule has 0 aliphatic heterocycles. The van der Waals surface area contributed by atoms with Crippen molar-refractivity contribution in [3.63, 3.8) is 0 Å². The van der Waals surface area contributed by atoms with Crippen LogP contribution in [0.15, 0.2) is 107 Å². The highest BCUT2D eigenvalue weighted by atomic mass is 32.2. The predicted molar refractivity (Wildman–Crippen MR) is 138 cm³/mol. The van der Waals surface area contributed by atoms with E-state index in [2.05, 4.69) is 19.7 Å². The van der Waals surface area contributed by atoms with Gasteiger partial charge in [0.2, 0.25) is 0 Å². The summed E-state index contributed by atoms with van der Waals surface area (Å²) in [5.74, 6) is -0.487. The van der Waals surface area contributed by atoms with Gasteiger partial charge in [-0.2, -0.15) is 0 Å². The number of carbonyl (C=O) groups is 1. The number of pyridine rings is 1. The minimum Gasteiger partial charge on any atom is -0.322 e. The molecule has 4 rings (SSSR count). The van der Waals surface area contributed by atoms with Gasteiger partial charge in [0, 0.05) is 17.4 Å². The molecule has 9 nitrogen and oxygen atoms in total. The van der Waals surface area contributed by atoms with Crippen molar-refractivity contribution in [1.82, 2.24) is 4.98 Å². The topological polar surface area (TPSA) is 134 Å². The number of aryl methyl sites for hydroxylation is 1. The first-order chi connectivity index (χ1) is 17.1. The highest BCUT2D eigenvalue weighted by Gasteiger charge is 2.17. The normalized spacial score (nSPS) is 11.5. The van der Waals surface area contributed by atoms with E-state index in [9.17, 15) is 21.6 Å². The predicted octanol–water partition coefficient (Wildman–Crippen LogP) is 4.24. The van der Waals surface area contributed by atoms with Crippen molar-refractivity contribution < 1.29 is 21.6 Å². The molecule has 0 unspecified atom stereocenters. The van der Waals surface area contributed by atoms with Crippen molar-refractivity contribution >= 4 is 43.0 Å². The molecule has 1 amide bonds. The zero-order valence-electron chi connectivity index (χ0n) is 19.0. The Morgan fingerprint density at radius 1 is 0.722 bits per heavy atom. The molecule has 184 valence electrons. The summed E-state index contributed by atoms with van der Waals surface area (Å²) in [5.41, 5.74) is 1.83. The van der Waals surface area contributed by atoms with E-state index in [4.69, 9.17) is 0 Å². The second-order valence-electron chi connectivity index (χ2n) is 7.77. The number of amides is 1. The van der Waals surface area contributed by atoms with E-state index in [-0.39, 0.29) is 21.0 Å². The van der Waals surface area contributed by atoms with Gasteiger partial charge in [-0.05, 0) is 73.2 Å². The van der Waals surface area contributed by atoms with Crippen LogP contribution in [0.25, 0.3) is 0 Å². The average molecular weight is 523 g/mol. The third-order valence-electron chi connectivity index (χ3n) is 5.13. The van der Waals surface area contributed by atoms with Crippen molar-refractivity contribution in [3.8, 4) is 0 Å². The maximum atomic E-state index is 12.8. The van der Waals surface area contributed by atoms with Crippen LogP contribution < -0.4 is 14.8 Å². The van der Waals surface area contributed by atoms with Crippen LogP contribution in [0, 0.1) is 6.92 Å². The molecule has 0 bridgehead atoms. The van der Waals surface area contributed by atoms with Crippen LogP contribution >= 0.6 is 0 Å². The van der Waals surface area contributed by atoms with Crippen molar-refractivity contribution in [2.24, 2.45) is 0 Å². The molecule has 1 heterocycles. The van der Waals surface area contributed by atoms with Crippen LogP contribution in [0.2, 0.25) is 0 Å². The molecule has 0 saturated heterocycles. The molecule has 3 aromatic carbocycles. The summed E-state index contributed by atoms with van der Waals surface area (Å²) in [6.45, 7) is 1.73. The number of nitrogens with zero attached hydrogens (tertiary/aromatic N) is 1. The van der Waals surface area contributed by atoms with Crippen molar-refractivity contribution in [2.75, 3.05) is 14.8 Å². The third kappa shape index (κ3) is 5.88. The second-order valence-corrected chi connectivity index (χ2v) is 11.1. The minimum atomic E-state index is -3.83. The Bertz CT molecular complexity index is 1590. The fourth-order valence-electron chi connectivity index (χ4n) is 3.23. The van der Waals surface area contributed by atoms with E-state index in [0.717, 1.165) is 0 Å². The number of nitrogens with one attached hydrogen (secondary N) is 3. The zero-order valence-corrected chi connectivity index (χ0v) is 20.7. The lowest BCUT2D eigenvalue weighted by atomic mass is 10.1. The lowest BCUT2D eigenvalue weighted by Gasteiger charge is -2.13. The Kier molecular flexibility index (Phi) is 7.04. The first-order valence-electron chi connectivity index (χ1n) is 10.7. The number of hydrogen-bond donors (Lipinski definition) is 3. The minimum absolute atomic E-state index is 0.0114. The SMILES string of the molecule is Cc1ccc(C(=O)Nc2ccc(S(=O)(=O)Nc3cccnc3)cc2)cc1NS(=O)(=O)c1ccccc1. The van der Waals surface area contributed by atoms with E-state index < -0.39 is 26.0 Å². The van der Waals surface area contributed by atoms with Gasteiger partial charge in [0.1, 0.15) is 0 Å². The number of carbonyl (C=O) groups excluding carboxylic acids is 1. The van der Waals surface area contributed by atoms with Gasteiger partial charge in [-0.25, -0.2) is 16.8 Å². The Labute approximate surface area is 209 Å². The summed E-state index contributed by atoms with van der Waals surface area (Å²) < 4.78 is 55.4. The van der Waals surface area contributed by atoms with E-state index in [1.807, 2.05) is 0 Å². The van der Waals surface area contributed by atoms with Crippen LogP contribution in [-0.4, -0.2) is 27.7 Å². The number of anilines is 3. The molecule has 0 aliphatic carbocycles. The summed E-state index contributed by atoms with van der Waals surface area (Å²) in [6, 6.07) is 21.4. The monoisotopic (exact) mass is 522 g/mol. The van der Waals surface area contributed by atoms with E-state index in [0.29, 0.717) is 16.9 Å². The van der Waals surface area contributed by atoms with E-state index >= 15 is 0 Å². The Balaban J connectivity index is 1.48. The van der Waals surface area contributed by atoms with Gasteiger partial charge in [0.05, 0.1) is 27.4 Å². The van der Waals surface area contributed by atoms with Crippen LogP contribution in [0.4, 0.5) is 17.1 Å². The van der Waals surface area contributed by atoms with E-state index in [1.165, 1.54) is 54.9 Å². The van der Waals surface area contributed by atoms with Crippen LogP contribution in [0.3, 0.4) is 0 Å². The van der Waals surface area contributed by atoms with Gasteiger partial charge in [0.15, 0.2) is 0 Å². The Morgan fingerprint density at radius 3 is 2.06 bits per heavy atom. The average Bonchev–Trinajstić information content (AvgIpc) is 2.86. The molecule has 0 spiro atoms. The maximum absolute atomic E-state index is 12.8. The summed E-state index contributed by atoms with van der Waals surface area (Å²) in [6.07, 6.45) is 2.92. The third-order valence-corrected chi connectivity index (χ3v) is 7.91. The lowest BCUT2D eigenvalue weighted by Crippen LogP contribution is -2.16. The van der Waals surface area contributed by atoms with Crippen LogP contribution in [0.1, 0.15) is 15.9 Å². The number of hydrogen-bond acceptors (Lipinski definition) is 6. The standard InChI is InChI=1S/C25H22N4O5S2/c1-18-9-10-19(16-24(18)29-36(33,34)22-7-3-2-4-8-22)25(30)27-20-11-13-23(14-12-20)35(31,32)28-21-6-5-15-26-17-21/h2-17,28-29H,1H3,(H,27,30). The van der Waals surface area contributed by atoms with Gasteiger partial charge < -0.3 is 5.32 Å². The molecule has 3 N–H and O–H groups in total. The first kappa shape index (κ1) is 24.9. The number of sulfonamides is 2. The fourth-order valence-corrected chi connectivity index (χ4v) is 5.42. The lowest BCUT2D eigenvalue weighted by molar-refractivity contribution is 0.102. The Hall–Kier alpha value is -4.22. The van der Waals surface area contributed by atoms with Crippen molar-refractivity contribution in [2.45, 2.75) is 16.7 Å². The van der Waals surface area contributed by atoms with Crippen molar-refractivity contribution in [3.05, 3.63) is 108 Å².